The lowest BCUT2D eigenvalue weighted by Gasteiger charge is -2.31. The molecule has 0 aliphatic rings. The molecule has 0 spiro atoms. The Labute approximate surface area is 222 Å². The van der Waals surface area contributed by atoms with Crippen LogP contribution in [0.25, 0.3) is 22.3 Å². The number of benzene rings is 3. The lowest BCUT2D eigenvalue weighted by Crippen LogP contribution is -2.28. The van der Waals surface area contributed by atoms with Crippen molar-refractivity contribution in [1.29, 1.82) is 0 Å². The van der Waals surface area contributed by atoms with Crippen molar-refractivity contribution in [1.82, 2.24) is 0 Å². The minimum atomic E-state index is -1.27. The predicted molar refractivity (Wildman–Crippen MR) is 150 cm³/mol. The Kier molecular flexibility index (Phi) is 8.44. The fourth-order valence-electron chi connectivity index (χ4n) is 4.45. The molecule has 0 saturated carbocycles. The summed E-state index contributed by atoms with van der Waals surface area (Å²) in [5.41, 5.74) is 7.51. The molecule has 0 heterocycles. The summed E-state index contributed by atoms with van der Waals surface area (Å²) in [5.74, 6) is -1.68. The van der Waals surface area contributed by atoms with Crippen molar-refractivity contribution in [2.75, 3.05) is 11.0 Å². The van der Waals surface area contributed by atoms with Crippen LogP contribution < -0.4 is 4.72 Å². The number of rotatable bonds is 7. The number of halogens is 2. The number of carbonyl (C=O) groups is 1. The normalized spacial score (nSPS) is 12.5. The fraction of sp³-hybridized carbons (Fsp3) is 0.345. The van der Waals surface area contributed by atoms with Crippen molar-refractivity contribution < 1.29 is 19.0 Å². The van der Waals surface area contributed by atoms with E-state index in [0.717, 1.165) is 33.5 Å². The maximum Gasteiger partial charge on any atom is 0.337 e. The van der Waals surface area contributed by atoms with Gasteiger partial charge in [-0.05, 0) is 99.5 Å². The number of aryl methyl sites for hydroxylation is 2. The van der Waals surface area contributed by atoms with Crippen molar-refractivity contribution in [2.24, 2.45) is 0 Å². The minimum Gasteiger partial charge on any atom is -0.479 e. The summed E-state index contributed by atoms with van der Waals surface area (Å²) in [7, 11) is 0. The molecule has 0 aromatic heterocycles. The van der Waals surface area contributed by atoms with Gasteiger partial charge in [0, 0.05) is 17.4 Å². The maximum atomic E-state index is 14.7. The van der Waals surface area contributed by atoms with E-state index in [1.54, 1.807) is 6.07 Å². The van der Waals surface area contributed by atoms with E-state index in [9.17, 15) is 14.3 Å². The van der Waals surface area contributed by atoms with Crippen LogP contribution in [0.1, 0.15) is 54.7 Å². The van der Waals surface area contributed by atoms with E-state index in [0.29, 0.717) is 16.7 Å². The van der Waals surface area contributed by atoms with Crippen LogP contribution in [0, 0.1) is 33.5 Å². The number of aliphatic carboxylic acids is 1. The summed E-state index contributed by atoms with van der Waals surface area (Å²) < 4.78 is 24.2. The first-order valence-electron chi connectivity index (χ1n) is 11.7. The molecule has 0 aliphatic carbocycles. The van der Waals surface area contributed by atoms with E-state index in [2.05, 4.69) is 36.8 Å². The van der Waals surface area contributed by atoms with E-state index in [1.165, 1.54) is 29.6 Å². The number of ether oxygens (including phenoxy) is 1. The van der Waals surface area contributed by atoms with Crippen LogP contribution >= 0.6 is 23.5 Å². The van der Waals surface area contributed by atoms with Gasteiger partial charge in [0.1, 0.15) is 5.82 Å². The third-order valence-corrected chi connectivity index (χ3v) is 6.93. The monoisotopic (exact) mass is 529 g/mol. The van der Waals surface area contributed by atoms with Crippen molar-refractivity contribution in [3.63, 3.8) is 0 Å². The zero-order valence-electron chi connectivity index (χ0n) is 22.0. The zero-order chi connectivity index (χ0) is 26.9. The first kappa shape index (κ1) is 28.0. The summed E-state index contributed by atoms with van der Waals surface area (Å²) in [6.45, 7) is 13.4. The summed E-state index contributed by atoms with van der Waals surface area (Å²) in [5, 5.41) is 10.3. The molecule has 2 N–H and O–H groups in total. The van der Waals surface area contributed by atoms with Gasteiger partial charge in [-0.15, -0.1) is 0 Å². The van der Waals surface area contributed by atoms with Crippen molar-refractivity contribution in [3.8, 4) is 22.3 Å². The average molecular weight is 530 g/mol. The first-order chi connectivity index (χ1) is 16.8. The maximum absolute atomic E-state index is 14.7. The first-order valence-corrected chi connectivity index (χ1v) is 13.3. The predicted octanol–water partition coefficient (Wildman–Crippen LogP) is 8.68. The highest BCUT2D eigenvalue weighted by Crippen LogP contribution is 2.47. The molecule has 0 fully saturated rings. The SMILES string of the molecule is CSNc1c(C)c(C(OC(C)(C)C)C(=O)O)c(-c2ccc(Cl)c(F)c2)c(C)c1-c1ccc(C)c(C)c1. The number of carboxylic acids is 1. The molecule has 36 heavy (non-hydrogen) atoms. The molecular formula is C29H33ClFNO3S. The molecule has 0 saturated heterocycles. The van der Waals surface area contributed by atoms with Crippen molar-refractivity contribution in [3.05, 3.63) is 75.1 Å². The van der Waals surface area contributed by atoms with Gasteiger partial charge in [0.25, 0.3) is 0 Å². The Balaban J connectivity index is 2.53. The van der Waals surface area contributed by atoms with E-state index < -0.39 is 23.5 Å². The molecular weight excluding hydrogens is 497 g/mol. The third kappa shape index (κ3) is 5.72. The number of carboxylic acid groups (broad SMARTS) is 1. The van der Waals surface area contributed by atoms with E-state index in [4.69, 9.17) is 16.3 Å². The second-order valence-corrected chi connectivity index (χ2v) is 11.0. The topological polar surface area (TPSA) is 58.6 Å². The van der Waals surface area contributed by atoms with Gasteiger partial charge in [-0.2, -0.15) is 0 Å². The molecule has 7 heteroatoms. The number of nitrogens with one attached hydrogen (secondary N) is 1. The van der Waals surface area contributed by atoms with Crippen LogP contribution in [0.5, 0.6) is 0 Å². The van der Waals surface area contributed by atoms with Gasteiger partial charge in [-0.1, -0.05) is 47.8 Å². The molecule has 1 unspecified atom stereocenters. The summed E-state index contributed by atoms with van der Waals surface area (Å²) in [6, 6.07) is 10.8. The number of anilines is 1. The molecule has 3 aromatic carbocycles. The highest BCUT2D eigenvalue weighted by Gasteiger charge is 2.34. The van der Waals surface area contributed by atoms with Crippen LogP contribution in [0.4, 0.5) is 10.1 Å². The van der Waals surface area contributed by atoms with Gasteiger partial charge in [-0.25, -0.2) is 9.18 Å². The molecule has 0 amide bonds. The lowest BCUT2D eigenvalue weighted by atomic mass is 9.82. The molecule has 0 aliphatic heterocycles. The third-order valence-electron chi connectivity index (χ3n) is 6.21. The van der Waals surface area contributed by atoms with Gasteiger partial charge in [0.05, 0.1) is 16.3 Å². The molecule has 4 nitrogen and oxygen atoms in total. The zero-order valence-corrected chi connectivity index (χ0v) is 23.5. The Hall–Kier alpha value is -2.54. The summed E-state index contributed by atoms with van der Waals surface area (Å²) >= 11 is 7.42. The average Bonchev–Trinajstić information content (AvgIpc) is 2.78. The highest BCUT2D eigenvalue weighted by molar-refractivity contribution is 7.99. The van der Waals surface area contributed by atoms with Crippen LogP contribution in [-0.2, 0) is 9.53 Å². The molecule has 1 atom stereocenters. The molecule has 0 radical (unpaired) electrons. The Morgan fingerprint density at radius 2 is 1.61 bits per heavy atom. The Morgan fingerprint density at radius 1 is 1.00 bits per heavy atom. The smallest absolute Gasteiger partial charge is 0.337 e. The summed E-state index contributed by atoms with van der Waals surface area (Å²) in [4.78, 5) is 12.6. The lowest BCUT2D eigenvalue weighted by molar-refractivity contribution is -0.160. The quantitative estimate of drug-likeness (QED) is 0.300. The van der Waals surface area contributed by atoms with Gasteiger partial charge >= 0.3 is 5.97 Å². The molecule has 3 rings (SSSR count). The molecule has 3 aromatic rings. The van der Waals surface area contributed by atoms with Gasteiger partial charge < -0.3 is 14.6 Å². The Morgan fingerprint density at radius 3 is 2.14 bits per heavy atom. The largest absolute Gasteiger partial charge is 0.479 e. The second-order valence-electron chi connectivity index (χ2n) is 9.97. The van der Waals surface area contributed by atoms with E-state index >= 15 is 0 Å². The molecule has 0 bridgehead atoms. The number of hydrogen-bond donors (Lipinski definition) is 2. The van der Waals surface area contributed by atoms with Crippen LogP contribution in [-0.4, -0.2) is 22.9 Å². The number of hydrogen-bond acceptors (Lipinski definition) is 4. The molecule has 192 valence electrons. The minimum absolute atomic E-state index is 0.00505. The van der Waals surface area contributed by atoms with Gasteiger partial charge in [0.2, 0.25) is 0 Å². The standard InChI is InChI=1S/C29H33ClFNO3S/c1-15-9-10-19(13-16(15)2)24-17(3)23(20-11-12-21(30)22(31)14-20)25(18(4)26(24)32-36-8)27(28(33)34)35-29(5,6)7/h9-14,27,32H,1-8H3,(H,33,34). The van der Waals surface area contributed by atoms with E-state index in [1.807, 2.05) is 40.9 Å². The Bertz CT molecular complexity index is 1320. The van der Waals surface area contributed by atoms with Gasteiger partial charge in [-0.3, -0.25) is 0 Å². The fourth-order valence-corrected chi connectivity index (χ4v) is 5.03. The van der Waals surface area contributed by atoms with Crippen LogP contribution in [0.15, 0.2) is 36.4 Å². The van der Waals surface area contributed by atoms with Crippen LogP contribution in [0.3, 0.4) is 0 Å². The van der Waals surface area contributed by atoms with Crippen molar-refractivity contribution in [2.45, 2.75) is 60.2 Å². The van der Waals surface area contributed by atoms with E-state index in [-0.39, 0.29) is 5.02 Å². The van der Waals surface area contributed by atoms with Gasteiger partial charge in [0.15, 0.2) is 6.10 Å². The second kappa shape index (κ2) is 10.8. The van der Waals surface area contributed by atoms with Crippen molar-refractivity contribution >= 4 is 35.2 Å². The van der Waals surface area contributed by atoms with Crippen LogP contribution in [0.2, 0.25) is 5.02 Å². The summed E-state index contributed by atoms with van der Waals surface area (Å²) in [6.07, 6.45) is 0.648. The highest BCUT2D eigenvalue weighted by atomic mass is 35.5.